The molecule has 8 nitrogen and oxygen atoms in total. The van der Waals surface area contributed by atoms with E-state index < -0.39 is 16.0 Å². The fourth-order valence-electron chi connectivity index (χ4n) is 5.68. The van der Waals surface area contributed by atoms with Gasteiger partial charge < -0.3 is 4.74 Å². The van der Waals surface area contributed by atoms with Gasteiger partial charge in [-0.05, 0) is 91.6 Å². The Bertz CT molecular complexity index is 2310. The van der Waals surface area contributed by atoms with Crippen LogP contribution in [0.2, 0.25) is 0 Å². The van der Waals surface area contributed by atoms with E-state index in [4.69, 9.17) is 9.84 Å². The van der Waals surface area contributed by atoms with Crippen molar-refractivity contribution in [3.63, 3.8) is 0 Å². The van der Waals surface area contributed by atoms with E-state index in [-0.39, 0.29) is 11.5 Å². The van der Waals surface area contributed by atoms with Crippen molar-refractivity contribution in [3.8, 4) is 33.9 Å². The summed E-state index contributed by atoms with van der Waals surface area (Å²) in [5.74, 6) is -0.468. The summed E-state index contributed by atoms with van der Waals surface area (Å²) in [6.07, 6.45) is 1.43. The van der Waals surface area contributed by atoms with E-state index in [1.54, 1.807) is 23.7 Å². The van der Waals surface area contributed by atoms with Crippen molar-refractivity contribution in [2.75, 3.05) is 6.61 Å². The Hall–Kier alpha value is -4.10. The fourth-order valence-corrected chi connectivity index (χ4v) is 8.32. The molecular formula is C35H26Br2N4O4S2. The Kier molecular flexibility index (Phi) is 8.60. The minimum Gasteiger partial charge on any atom is -0.461 e. The maximum Gasteiger partial charge on any atom is 0.357 e. The maximum atomic E-state index is 13.8. The molecule has 4 aromatic carbocycles. The Balaban J connectivity index is 1.30. The number of halogens is 2. The molecule has 0 fully saturated rings. The van der Waals surface area contributed by atoms with Crippen molar-refractivity contribution < 1.29 is 17.9 Å². The van der Waals surface area contributed by atoms with Gasteiger partial charge in [-0.2, -0.15) is 13.5 Å². The Morgan fingerprint density at radius 2 is 1.55 bits per heavy atom. The number of hydrogen-bond donors (Lipinski definition) is 0. The minimum absolute atomic E-state index is 0.0159. The number of benzene rings is 4. The van der Waals surface area contributed by atoms with E-state index in [0.717, 1.165) is 49.1 Å². The van der Waals surface area contributed by atoms with Crippen LogP contribution in [0.3, 0.4) is 0 Å². The Labute approximate surface area is 292 Å². The molecular weight excluding hydrogens is 764 g/mol. The third-order valence-electron chi connectivity index (χ3n) is 7.88. The summed E-state index contributed by atoms with van der Waals surface area (Å²) in [5, 5.41) is 6.75. The lowest BCUT2D eigenvalue weighted by molar-refractivity contribution is 0.0514. The first-order valence-corrected chi connectivity index (χ1v) is 18.7. The zero-order chi connectivity index (χ0) is 32.7. The molecule has 1 aliphatic carbocycles. The number of nitrogens with zero attached hydrogens (tertiary/aromatic N) is 4. The van der Waals surface area contributed by atoms with E-state index in [9.17, 15) is 13.2 Å². The van der Waals surface area contributed by atoms with Crippen LogP contribution >= 0.6 is 43.2 Å². The summed E-state index contributed by atoms with van der Waals surface area (Å²) < 4.78 is 42.5. The van der Waals surface area contributed by atoms with Gasteiger partial charge in [0.15, 0.2) is 5.69 Å². The molecule has 0 saturated carbocycles. The lowest BCUT2D eigenvalue weighted by atomic mass is 9.89. The molecule has 47 heavy (non-hydrogen) atoms. The number of aromatic nitrogens is 3. The average Bonchev–Trinajstić information content (AvgIpc) is 3.67. The van der Waals surface area contributed by atoms with Crippen LogP contribution in [0.1, 0.15) is 28.5 Å². The molecule has 0 aliphatic heterocycles. The number of esters is 1. The highest BCUT2D eigenvalue weighted by molar-refractivity contribution is 9.10. The van der Waals surface area contributed by atoms with Crippen LogP contribution in [0.4, 0.5) is 0 Å². The van der Waals surface area contributed by atoms with E-state index in [2.05, 4.69) is 42.3 Å². The lowest BCUT2D eigenvalue weighted by Gasteiger charge is -2.15. The molecule has 0 amide bonds. The first-order chi connectivity index (χ1) is 22.7. The largest absolute Gasteiger partial charge is 0.461 e. The van der Waals surface area contributed by atoms with Gasteiger partial charge in [-0.1, -0.05) is 68.3 Å². The summed E-state index contributed by atoms with van der Waals surface area (Å²) in [6, 6.07) is 29.7. The number of thiazole rings is 1. The fraction of sp³-hybridized carbons (Fsp3) is 0.114. The normalized spacial score (nSPS) is 12.9. The third kappa shape index (κ3) is 6.06. The summed E-state index contributed by atoms with van der Waals surface area (Å²) in [6.45, 7) is 1.99. The molecule has 2 heterocycles. The van der Waals surface area contributed by atoms with Crippen LogP contribution in [0, 0.1) is 0 Å². The molecule has 12 heteroatoms. The number of carbonyl (C=O) groups is 1. The van der Waals surface area contributed by atoms with Crippen LogP contribution in [0.15, 0.2) is 121 Å². The van der Waals surface area contributed by atoms with E-state index >= 15 is 0 Å². The minimum atomic E-state index is -4.13. The smallest absolute Gasteiger partial charge is 0.357 e. The van der Waals surface area contributed by atoms with Gasteiger partial charge in [0.2, 0.25) is 4.80 Å². The standard InChI is InChI=1S/C35H26Br2N4O4S2/c1-2-45-34(42)33-30-20-9-22-5-3-4-6-29(22)32(30)38-41(33)27-16-18-28(19-17-27)47(43,44)39-35-40(26-14-12-25(37)13-15-26)31(21-46-35)23-7-10-24(36)11-8-23/h3-8,10-19,21H,2,9,20H2,1H3/b39-35+. The van der Waals surface area contributed by atoms with Crippen LogP contribution in [-0.4, -0.2) is 35.3 Å². The highest BCUT2D eigenvalue weighted by atomic mass is 79.9. The predicted octanol–water partition coefficient (Wildman–Crippen LogP) is 8.15. The van der Waals surface area contributed by atoms with Crippen LogP contribution in [-0.2, 0) is 27.6 Å². The van der Waals surface area contributed by atoms with Gasteiger partial charge >= 0.3 is 5.97 Å². The monoisotopic (exact) mass is 788 g/mol. The SMILES string of the molecule is CCOC(=O)c1c2c(nn1-c1ccc(S(=O)(=O)/N=c3/scc(-c4ccc(Br)cc4)n3-c3ccc(Br)cc3)cc1)-c1ccccc1CC2. The zero-order valence-electron chi connectivity index (χ0n) is 24.9. The van der Waals surface area contributed by atoms with Gasteiger partial charge in [0.25, 0.3) is 10.0 Å². The second-order valence-electron chi connectivity index (χ2n) is 10.7. The molecule has 0 unspecified atom stereocenters. The summed E-state index contributed by atoms with van der Waals surface area (Å²) >= 11 is 8.21. The molecule has 0 spiro atoms. The van der Waals surface area contributed by atoms with Gasteiger partial charge in [0.1, 0.15) is 0 Å². The number of aryl methyl sites for hydroxylation is 1. The first kappa shape index (κ1) is 31.5. The lowest BCUT2D eigenvalue weighted by Crippen LogP contribution is -2.17. The highest BCUT2D eigenvalue weighted by Gasteiger charge is 2.30. The molecule has 0 radical (unpaired) electrons. The quantitative estimate of drug-likeness (QED) is 0.152. The molecule has 0 bridgehead atoms. The zero-order valence-corrected chi connectivity index (χ0v) is 29.7. The van der Waals surface area contributed by atoms with E-state index in [1.165, 1.54) is 29.0 Å². The maximum absolute atomic E-state index is 13.8. The second-order valence-corrected chi connectivity index (χ2v) is 15.0. The number of fused-ring (bicyclic) bond motifs is 3. The third-order valence-corrected chi connectivity index (χ3v) is 11.2. The van der Waals surface area contributed by atoms with Crippen molar-refractivity contribution in [3.05, 3.63) is 133 Å². The Morgan fingerprint density at radius 3 is 2.26 bits per heavy atom. The van der Waals surface area contributed by atoms with Crippen molar-refractivity contribution in [1.82, 2.24) is 14.3 Å². The summed E-state index contributed by atoms with van der Waals surface area (Å²) in [4.78, 5) is 13.5. The summed E-state index contributed by atoms with van der Waals surface area (Å²) in [5.41, 5.74) is 7.09. The van der Waals surface area contributed by atoms with Crippen molar-refractivity contribution >= 4 is 59.2 Å². The number of sulfonamides is 1. The topological polar surface area (TPSA) is 95.5 Å². The second kappa shape index (κ2) is 12.8. The van der Waals surface area contributed by atoms with Crippen LogP contribution < -0.4 is 4.80 Å². The molecule has 7 rings (SSSR count). The van der Waals surface area contributed by atoms with Crippen molar-refractivity contribution in [2.24, 2.45) is 4.40 Å². The van der Waals surface area contributed by atoms with Gasteiger partial charge in [0.05, 0.1) is 28.6 Å². The van der Waals surface area contributed by atoms with Crippen molar-refractivity contribution in [1.29, 1.82) is 0 Å². The van der Waals surface area contributed by atoms with Gasteiger partial charge in [-0.25, -0.2) is 9.48 Å². The average molecular weight is 791 g/mol. The molecule has 2 aromatic heterocycles. The predicted molar refractivity (Wildman–Crippen MR) is 190 cm³/mol. The number of carbonyl (C=O) groups excluding carboxylic acids is 1. The molecule has 236 valence electrons. The first-order valence-electron chi connectivity index (χ1n) is 14.7. The molecule has 0 saturated heterocycles. The van der Waals surface area contributed by atoms with E-state index in [0.29, 0.717) is 22.6 Å². The van der Waals surface area contributed by atoms with Crippen LogP contribution in [0.25, 0.3) is 33.9 Å². The molecule has 1 aliphatic rings. The highest BCUT2D eigenvalue weighted by Crippen LogP contribution is 2.36. The van der Waals surface area contributed by atoms with Gasteiger partial charge in [-0.3, -0.25) is 4.57 Å². The van der Waals surface area contributed by atoms with Gasteiger partial charge in [0, 0.05) is 31.1 Å². The Morgan fingerprint density at radius 1 is 0.894 bits per heavy atom. The molecule has 0 atom stereocenters. The van der Waals surface area contributed by atoms with E-state index in [1.807, 2.05) is 76.7 Å². The molecule has 0 N–H and O–H groups in total. The number of hydrogen-bond acceptors (Lipinski definition) is 6. The van der Waals surface area contributed by atoms with Crippen molar-refractivity contribution in [2.45, 2.75) is 24.7 Å². The van der Waals surface area contributed by atoms with Crippen LogP contribution in [0.5, 0.6) is 0 Å². The van der Waals surface area contributed by atoms with Gasteiger partial charge in [-0.15, -0.1) is 15.7 Å². The number of rotatable bonds is 7. The number of ether oxygens (including phenoxy) is 1. The summed E-state index contributed by atoms with van der Waals surface area (Å²) in [7, 11) is -4.13. The molecule has 6 aromatic rings.